The molecule has 8 heteroatoms. The number of rotatable bonds is 6. The van der Waals surface area contributed by atoms with Gasteiger partial charge < -0.3 is 4.57 Å². The summed E-state index contributed by atoms with van der Waals surface area (Å²) in [6.45, 7) is 6.38. The van der Waals surface area contributed by atoms with E-state index in [1.54, 1.807) is 13.8 Å². The number of sulfonamides is 1. The van der Waals surface area contributed by atoms with Crippen molar-refractivity contribution >= 4 is 32.5 Å². The lowest BCUT2D eigenvalue weighted by Gasteiger charge is -2.19. The van der Waals surface area contributed by atoms with E-state index in [2.05, 4.69) is 4.98 Å². The highest BCUT2D eigenvalue weighted by Crippen LogP contribution is 2.22. The topological polar surface area (TPSA) is 72.3 Å². The lowest BCUT2D eigenvalue weighted by Crippen LogP contribution is -2.32. The lowest BCUT2D eigenvalue weighted by atomic mass is 10.1. The van der Waals surface area contributed by atoms with E-state index in [1.165, 1.54) is 27.2 Å². The lowest BCUT2D eigenvalue weighted by molar-refractivity contribution is 0.444. The number of pyridine rings is 2. The quantitative estimate of drug-likeness (QED) is 0.574. The van der Waals surface area contributed by atoms with Gasteiger partial charge in [0.05, 0.1) is 17.0 Å². The third-order valence-electron chi connectivity index (χ3n) is 4.64. The fourth-order valence-electron chi connectivity index (χ4n) is 3.09. The second-order valence-electron chi connectivity index (χ2n) is 6.55. The predicted octanol–water partition coefficient (Wildman–Crippen LogP) is 3.44. The average molecular weight is 420 g/mol. The number of benzene rings is 1. The van der Waals surface area contributed by atoms with Gasteiger partial charge in [-0.1, -0.05) is 37.6 Å². The fourth-order valence-corrected chi connectivity index (χ4v) is 4.77. The summed E-state index contributed by atoms with van der Waals surface area (Å²) in [4.78, 5) is 16.8. The van der Waals surface area contributed by atoms with Crippen molar-refractivity contribution in [3.8, 4) is 0 Å². The molecular weight excluding hydrogens is 398 g/mol. The first-order valence-corrected chi connectivity index (χ1v) is 10.8. The Bertz CT molecular complexity index is 1190. The van der Waals surface area contributed by atoms with Crippen LogP contribution in [0.1, 0.15) is 25.0 Å². The standard InChI is InChI=1S/C20H22ClN3O3S/c1-4-24(5-2)28(26,27)17-8-9-19(25)23(13-17)12-16-11-15-7-6-14(3)10-18(15)22-20(16)21/h6-11,13H,4-5,12H2,1-3H3. The summed E-state index contributed by atoms with van der Waals surface area (Å²) in [5.41, 5.74) is 2.20. The Balaban J connectivity index is 2.04. The van der Waals surface area contributed by atoms with Gasteiger partial charge in [0.15, 0.2) is 0 Å². The van der Waals surface area contributed by atoms with Crippen LogP contribution in [0.3, 0.4) is 0 Å². The van der Waals surface area contributed by atoms with Crippen LogP contribution < -0.4 is 5.56 Å². The van der Waals surface area contributed by atoms with Gasteiger partial charge in [-0.2, -0.15) is 4.31 Å². The van der Waals surface area contributed by atoms with Crippen molar-refractivity contribution in [3.63, 3.8) is 0 Å². The Hall–Kier alpha value is -2.22. The van der Waals surface area contributed by atoms with E-state index in [0.717, 1.165) is 16.5 Å². The van der Waals surface area contributed by atoms with Gasteiger partial charge >= 0.3 is 0 Å². The zero-order valence-corrected chi connectivity index (χ0v) is 17.6. The molecule has 148 valence electrons. The number of nitrogens with zero attached hydrogens (tertiary/aromatic N) is 3. The van der Waals surface area contributed by atoms with E-state index < -0.39 is 10.0 Å². The number of aromatic nitrogens is 2. The van der Waals surface area contributed by atoms with Crippen LogP contribution >= 0.6 is 11.6 Å². The second-order valence-corrected chi connectivity index (χ2v) is 8.85. The summed E-state index contributed by atoms with van der Waals surface area (Å²) >= 11 is 6.33. The van der Waals surface area contributed by atoms with Crippen molar-refractivity contribution in [1.82, 2.24) is 13.9 Å². The molecule has 0 saturated heterocycles. The molecule has 0 spiro atoms. The molecule has 0 aliphatic rings. The maximum atomic E-state index is 12.8. The van der Waals surface area contributed by atoms with Crippen LogP contribution in [0.4, 0.5) is 0 Å². The normalized spacial score (nSPS) is 12.0. The van der Waals surface area contributed by atoms with Gasteiger partial charge in [0.25, 0.3) is 5.56 Å². The van der Waals surface area contributed by atoms with E-state index in [1.807, 2.05) is 31.2 Å². The van der Waals surface area contributed by atoms with Crippen molar-refractivity contribution in [3.05, 3.63) is 69.2 Å². The molecule has 0 atom stereocenters. The molecule has 28 heavy (non-hydrogen) atoms. The first-order chi connectivity index (χ1) is 13.3. The molecule has 0 radical (unpaired) electrons. The Morgan fingerprint density at radius 3 is 2.50 bits per heavy atom. The molecular formula is C20H22ClN3O3S. The minimum Gasteiger partial charge on any atom is -0.310 e. The highest BCUT2D eigenvalue weighted by molar-refractivity contribution is 7.89. The summed E-state index contributed by atoms with van der Waals surface area (Å²) in [5, 5.41) is 1.20. The zero-order valence-electron chi connectivity index (χ0n) is 16.0. The summed E-state index contributed by atoms with van der Waals surface area (Å²) in [6, 6.07) is 10.3. The predicted molar refractivity (Wildman–Crippen MR) is 111 cm³/mol. The molecule has 2 heterocycles. The monoisotopic (exact) mass is 419 g/mol. The van der Waals surface area contributed by atoms with E-state index in [9.17, 15) is 13.2 Å². The van der Waals surface area contributed by atoms with Crippen LogP contribution in [-0.2, 0) is 16.6 Å². The van der Waals surface area contributed by atoms with Gasteiger partial charge in [0.1, 0.15) is 5.15 Å². The Labute approximate surface area is 169 Å². The minimum atomic E-state index is -3.66. The maximum absolute atomic E-state index is 12.8. The number of aryl methyl sites for hydroxylation is 1. The molecule has 3 rings (SSSR count). The van der Waals surface area contributed by atoms with Crippen molar-refractivity contribution in [2.75, 3.05) is 13.1 Å². The molecule has 2 aromatic heterocycles. The summed E-state index contributed by atoms with van der Waals surface area (Å²) in [7, 11) is -3.66. The average Bonchev–Trinajstić information content (AvgIpc) is 2.64. The van der Waals surface area contributed by atoms with Crippen molar-refractivity contribution in [1.29, 1.82) is 0 Å². The van der Waals surface area contributed by atoms with Crippen molar-refractivity contribution in [2.45, 2.75) is 32.2 Å². The van der Waals surface area contributed by atoms with E-state index in [0.29, 0.717) is 23.8 Å². The molecule has 0 aliphatic carbocycles. The van der Waals surface area contributed by atoms with Crippen LogP contribution in [0.15, 0.2) is 52.3 Å². The summed E-state index contributed by atoms with van der Waals surface area (Å²) < 4.78 is 28.2. The van der Waals surface area contributed by atoms with Gasteiger partial charge in [-0.3, -0.25) is 4.79 Å². The van der Waals surface area contributed by atoms with E-state index >= 15 is 0 Å². The first kappa shape index (κ1) is 20.5. The SMILES string of the molecule is CCN(CC)S(=O)(=O)c1ccc(=O)n(Cc2cc3ccc(C)cc3nc2Cl)c1. The molecule has 1 aromatic carbocycles. The van der Waals surface area contributed by atoms with E-state index in [-0.39, 0.29) is 17.0 Å². The largest absolute Gasteiger partial charge is 0.310 e. The highest BCUT2D eigenvalue weighted by Gasteiger charge is 2.22. The second kappa shape index (κ2) is 8.03. The smallest absolute Gasteiger partial charge is 0.250 e. The highest BCUT2D eigenvalue weighted by atomic mass is 35.5. The molecule has 3 aromatic rings. The Morgan fingerprint density at radius 1 is 1.11 bits per heavy atom. The molecule has 0 N–H and O–H groups in total. The van der Waals surface area contributed by atoms with Gasteiger partial charge in [0.2, 0.25) is 10.0 Å². The van der Waals surface area contributed by atoms with Crippen LogP contribution in [0.25, 0.3) is 10.9 Å². The third kappa shape index (κ3) is 3.97. The third-order valence-corrected chi connectivity index (χ3v) is 7.00. The fraction of sp³-hybridized carbons (Fsp3) is 0.300. The first-order valence-electron chi connectivity index (χ1n) is 9.02. The van der Waals surface area contributed by atoms with Crippen molar-refractivity contribution < 1.29 is 8.42 Å². The molecule has 6 nitrogen and oxygen atoms in total. The van der Waals surface area contributed by atoms with Gasteiger partial charge in [0, 0.05) is 36.3 Å². The minimum absolute atomic E-state index is 0.0799. The van der Waals surface area contributed by atoms with Crippen LogP contribution in [0.5, 0.6) is 0 Å². The molecule has 0 unspecified atom stereocenters. The van der Waals surface area contributed by atoms with Crippen LogP contribution in [-0.4, -0.2) is 35.4 Å². The zero-order chi connectivity index (χ0) is 20.5. The van der Waals surface area contributed by atoms with Crippen molar-refractivity contribution in [2.24, 2.45) is 0 Å². The Morgan fingerprint density at radius 2 is 1.82 bits per heavy atom. The van der Waals surface area contributed by atoms with E-state index in [4.69, 9.17) is 11.6 Å². The number of halogens is 1. The van der Waals surface area contributed by atoms with Crippen LogP contribution in [0, 0.1) is 6.92 Å². The summed E-state index contributed by atoms with van der Waals surface area (Å²) in [6.07, 6.45) is 1.37. The molecule has 0 fully saturated rings. The van der Waals surface area contributed by atoms with Gasteiger partial charge in [-0.05, 0) is 30.7 Å². The number of hydrogen-bond acceptors (Lipinski definition) is 4. The molecule has 0 amide bonds. The molecule has 0 bridgehead atoms. The number of hydrogen-bond donors (Lipinski definition) is 0. The summed E-state index contributed by atoms with van der Waals surface area (Å²) in [5.74, 6) is 0. The maximum Gasteiger partial charge on any atom is 0.250 e. The number of fused-ring (bicyclic) bond motifs is 1. The van der Waals surface area contributed by atoms with Gasteiger partial charge in [-0.25, -0.2) is 13.4 Å². The molecule has 0 saturated carbocycles. The van der Waals surface area contributed by atoms with Crippen LogP contribution in [0.2, 0.25) is 5.15 Å². The van der Waals surface area contributed by atoms with Gasteiger partial charge in [-0.15, -0.1) is 0 Å². The Kier molecular flexibility index (Phi) is 5.88. The molecule has 0 aliphatic heterocycles.